The number of rotatable bonds is 2. The summed E-state index contributed by atoms with van der Waals surface area (Å²) in [6, 6.07) is 6.93. The number of amides is 1. The van der Waals surface area contributed by atoms with E-state index in [1.165, 1.54) is 6.07 Å². The summed E-state index contributed by atoms with van der Waals surface area (Å²) in [6.45, 7) is 3.63. The summed E-state index contributed by atoms with van der Waals surface area (Å²) in [7, 11) is 0. The summed E-state index contributed by atoms with van der Waals surface area (Å²) < 4.78 is 27.8. The fourth-order valence-electron chi connectivity index (χ4n) is 2.31. The molecule has 2 aromatic heterocycles. The zero-order valence-corrected chi connectivity index (χ0v) is 12.0. The lowest BCUT2D eigenvalue weighted by Crippen LogP contribution is -2.16. The lowest BCUT2D eigenvalue weighted by molar-refractivity contribution is 0.102. The SMILES string of the molecule is Cc1ccc2nc(C)c(C(=O)Nc3ccc(F)c(F)c3)n2c1. The maximum absolute atomic E-state index is 13.2. The van der Waals surface area contributed by atoms with Crippen LogP contribution in [0.15, 0.2) is 36.5 Å². The minimum absolute atomic E-state index is 0.186. The van der Waals surface area contributed by atoms with Crippen LogP contribution < -0.4 is 5.32 Å². The second-order valence-corrected chi connectivity index (χ2v) is 5.06. The van der Waals surface area contributed by atoms with Crippen LogP contribution in [0.1, 0.15) is 21.7 Å². The van der Waals surface area contributed by atoms with Gasteiger partial charge < -0.3 is 5.32 Å². The van der Waals surface area contributed by atoms with Crippen molar-refractivity contribution in [3.63, 3.8) is 0 Å². The highest BCUT2D eigenvalue weighted by Gasteiger charge is 2.17. The predicted molar refractivity (Wildman–Crippen MR) is 79.0 cm³/mol. The number of nitrogens with one attached hydrogen (secondary N) is 1. The smallest absolute Gasteiger partial charge is 0.274 e. The first-order chi connectivity index (χ1) is 10.5. The summed E-state index contributed by atoms with van der Waals surface area (Å²) in [5, 5.41) is 2.56. The summed E-state index contributed by atoms with van der Waals surface area (Å²) in [5.74, 6) is -2.40. The van der Waals surface area contributed by atoms with E-state index in [4.69, 9.17) is 0 Å². The van der Waals surface area contributed by atoms with E-state index in [-0.39, 0.29) is 5.69 Å². The van der Waals surface area contributed by atoms with Gasteiger partial charge in [0.15, 0.2) is 11.6 Å². The summed E-state index contributed by atoms with van der Waals surface area (Å²) in [5.41, 5.74) is 2.74. The van der Waals surface area contributed by atoms with Gasteiger partial charge in [0, 0.05) is 18.0 Å². The fourth-order valence-corrected chi connectivity index (χ4v) is 2.31. The molecule has 3 aromatic rings. The number of hydrogen-bond donors (Lipinski definition) is 1. The molecule has 1 amide bonds. The molecular weight excluding hydrogens is 288 g/mol. The van der Waals surface area contributed by atoms with Crippen LogP contribution in [0.5, 0.6) is 0 Å². The van der Waals surface area contributed by atoms with Crippen LogP contribution in [0.25, 0.3) is 5.65 Å². The van der Waals surface area contributed by atoms with Gasteiger partial charge in [0.05, 0.1) is 5.69 Å². The molecule has 0 saturated heterocycles. The van der Waals surface area contributed by atoms with Crippen LogP contribution in [0.2, 0.25) is 0 Å². The Labute approximate surface area is 125 Å². The van der Waals surface area contributed by atoms with Crippen molar-refractivity contribution < 1.29 is 13.6 Å². The van der Waals surface area contributed by atoms with Crippen molar-refractivity contribution in [2.24, 2.45) is 0 Å². The van der Waals surface area contributed by atoms with Gasteiger partial charge in [-0.3, -0.25) is 9.20 Å². The van der Waals surface area contributed by atoms with E-state index in [0.29, 0.717) is 17.0 Å². The molecule has 0 aliphatic carbocycles. The Morgan fingerprint density at radius 1 is 1.14 bits per heavy atom. The average Bonchev–Trinajstić information content (AvgIpc) is 2.78. The molecule has 0 aliphatic rings. The molecule has 2 heterocycles. The van der Waals surface area contributed by atoms with E-state index >= 15 is 0 Å². The summed E-state index contributed by atoms with van der Waals surface area (Å²) in [6.07, 6.45) is 1.80. The van der Waals surface area contributed by atoms with Gasteiger partial charge in [-0.2, -0.15) is 0 Å². The Balaban J connectivity index is 2.00. The first-order valence-electron chi connectivity index (χ1n) is 6.67. The highest BCUT2D eigenvalue weighted by Crippen LogP contribution is 2.17. The van der Waals surface area contributed by atoms with Crippen LogP contribution in [0.4, 0.5) is 14.5 Å². The number of halogens is 2. The first kappa shape index (κ1) is 14.2. The maximum atomic E-state index is 13.2. The van der Waals surface area contributed by atoms with Gasteiger partial charge in [-0.25, -0.2) is 13.8 Å². The predicted octanol–water partition coefficient (Wildman–Crippen LogP) is 3.48. The Morgan fingerprint density at radius 3 is 2.64 bits per heavy atom. The third-order valence-corrected chi connectivity index (χ3v) is 3.33. The Morgan fingerprint density at radius 2 is 1.91 bits per heavy atom. The standard InChI is InChI=1S/C16H13F2N3O/c1-9-3-6-14-19-10(2)15(21(14)8-9)16(22)20-11-4-5-12(17)13(18)7-11/h3-8H,1-2H3,(H,20,22). The molecule has 0 spiro atoms. The third kappa shape index (κ3) is 2.43. The highest BCUT2D eigenvalue weighted by molar-refractivity contribution is 6.04. The average molecular weight is 301 g/mol. The second-order valence-electron chi connectivity index (χ2n) is 5.06. The second kappa shape index (κ2) is 5.22. The van der Waals surface area contributed by atoms with Gasteiger partial charge in [-0.15, -0.1) is 0 Å². The molecule has 6 heteroatoms. The number of benzene rings is 1. The molecule has 0 bridgehead atoms. The van der Waals surface area contributed by atoms with Gasteiger partial charge >= 0.3 is 0 Å². The van der Waals surface area contributed by atoms with E-state index in [0.717, 1.165) is 17.7 Å². The molecule has 4 nitrogen and oxygen atoms in total. The molecule has 0 atom stereocenters. The number of carbonyl (C=O) groups excluding carboxylic acids is 1. The van der Waals surface area contributed by atoms with E-state index in [1.54, 1.807) is 17.5 Å². The molecule has 3 rings (SSSR count). The van der Waals surface area contributed by atoms with E-state index in [2.05, 4.69) is 10.3 Å². The van der Waals surface area contributed by atoms with Crippen LogP contribution in [0.3, 0.4) is 0 Å². The lowest BCUT2D eigenvalue weighted by Gasteiger charge is -2.07. The Kier molecular flexibility index (Phi) is 3.36. The lowest BCUT2D eigenvalue weighted by atomic mass is 10.2. The fraction of sp³-hybridized carbons (Fsp3) is 0.125. The van der Waals surface area contributed by atoms with Gasteiger partial charge in [-0.1, -0.05) is 6.07 Å². The molecule has 0 radical (unpaired) electrons. The monoisotopic (exact) mass is 301 g/mol. The minimum Gasteiger partial charge on any atom is -0.321 e. The number of pyridine rings is 1. The molecule has 1 N–H and O–H groups in total. The number of fused-ring (bicyclic) bond motifs is 1. The Hall–Kier alpha value is -2.76. The molecule has 0 fully saturated rings. The van der Waals surface area contributed by atoms with Gasteiger partial charge in [0.2, 0.25) is 0 Å². The van der Waals surface area contributed by atoms with Crippen molar-refractivity contribution in [1.82, 2.24) is 9.38 Å². The number of aromatic nitrogens is 2. The number of imidazole rings is 1. The molecule has 0 saturated carbocycles. The van der Waals surface area contributed by atoms with Crippen molar-refractivity contribution in [3.05, 3.63) is 65.1 Å². The normalized spacial score (nSPS) is 10.9. The zero-order valence-electron chi connectivity index (χ0n) is 12.0. The van der Waals surface area contributed by atoms with Crippen LogP contribution >= 0.6 is 0 Å². The van der Waals surface area contributed by atoms with Crippen molar-refractivity contribution in [3.8, 4) is 0 Å². The number of carbonyl (C=O) groups is 1. The molecular formula is C16H13F2N3O. The number of anilines is 1. The van der Waals surface area contributed by atoms with Crippen LogP contribution in [0, 0.1) is 25.5 Å². The minimum atomic E-state index is -1.01. The van der Waals surface area contributed by atoms with Crippen LogP contribution in [-0.4, -0.2) is 15.3 Å². The molecule has 22 heavy (non-hydrogen) atoms. The quantitative estimate of drug-likeness (QED) is 0.787. The zero-order chi connectivity index (χ0) is 15.9. The third-order valence-electron chi connectivity index (χ3n) is 3.33. The topological polar surface area (TPSA) is 46.4 Å². The highest BCUT2D eigenvalue weighted by atomic mass is 19.2. The van der Waals surface area contributed by atoms with Gasteiger partial charge in [0.25, 0.3) is 5.91 Å². The van der Waals surface area contributed by atoms with Crippen molar-refractivity contribution in [2.75, 3.05) is 5.32 Å². The van der Waals surface area contributed by atoms with Gasteiger partial charge in [-0.05, 0) is 37.6 Å². The van der Waals surface area contributed by atoms with Crippen LogP contribution in [-0.2, 0) is 0 Å². The van der Waals surface area contributed by atoms with Crippen molar-refractivity contribution >= 4 is 17.2 Å². The number of hydrogen-bond acceptors (Lipinski definition) is 2. The molecule has 0 unspecified atom stereocenters. The van der Waals surface area contributed by atoms with Gasteiger partial charge in [0.1, 0.15) is 11.3 Å². The van der Waals surface area contributed by atoms with E-state index < -0.39 is 17.5 Å². The number of nitrogens with zero attached hydrogens (tertiary/aromatic N) is 2. The Bertz CT molecular complexity index is 886. The van der Waals surface area contributed by atoms with Crippen molar-refractivity contribution in [2.45, 2.75) is 13.8 Å². The summed E-state index contributed by atoms with van der Waals surface area (Å²) in [4.78, 5) is 16.7. The number of aryl methyl sites for hydroxylation is 2. The summed E-state index contributed by atoms with van der Waals surface area (Å²) >= 11 is 0. The van der Waals surface area contributed by atoms with E-state index in [9.17, 15) is 13.6 Å². The largest absolute Gasteiger partial charge is 0.321 e. The molecule has 1 aromatic carbocycles. The molecule has 0 aliphatic heterocycles. The first-order valence-corrected chi connectivity index (χ1v) is 6.67. The van der Waals surface area contributed by atoms with E-state index in [1.807, 2.05) is 19.1 Å². The molecule has 112 valence electrons. The van der Waals surface area contributed by atoms with Crippen molar-refractivity contribution in [1.29, 1.82) is 0 Å². The maximum Gasteiger partial charge on any atom is 0.274 e.